The van der Waals surface area contributed by atoms with Crippen molar-refractivity contribution in [2.75, 3.05) is 6.61 Å². The zero-order chi connectivity index (χ0) is 17.9. The van der Waals surface area contributed by atoms with E-state index in [1.165, 1.54) is 23.5 Å². The van der Waals surface area contributed by atoms with Crippen LogP contribution in [-0.2, 0) is 16.6 Å². The van der Waals surface area contributed by atoms with Crippen LogP contribution in [-0.4, -0.2) is 20.0 Å². The molecule has 0 unspecified atom stereocenters. The van der Waals surface area contributed by atoms with Gasteiger partial charge >= 0.3 is 0 Å². The monoisotopic (exact) mass is 378 g/mol. The summed E-state index contributed by atoms with van der Waals surface area (Å²) in [6.07, 6.45) is 1.58. The zero-order valence-corrected chi connectivity index (χ0v) is 15.5. The van der Waals surface area contributed by atoms with Crippen molar-refractivity contribution in [3.8, 4) is 16.5 Å². The molecule has 2 heterocycles. The first-order valence-corrected chi connectivity index (χ1v) is 10.0. The fourth-order valence-corrected chi connectivity index (χ4v) is 4.28. The molecule has 8 heteroatoms. The SMILES string of the molecule is CCOc1ccc(S(=O)(=O)NCc2sc(-c3ccco3)nc2C)cc1. The van der Waals surface area contributed by atoms with Gasteiger partial charge in [-0.15, -0.1) is 11.3 Å². The number of hydrogen-bond acceptors (Lipinski definition) is 6. The summed E-state index contributed by atoms with van der Waals surface area (Å²) < 4.78 is 38.1. The van der Waals surface area contributed by atoms with Crippen molar-refractivity contribution >= 4 is 21.4 Å². The molecular weight excluding hydrogens is 360 g/mol. The summed E-state index contributed by atoms with van der Waals surface area (Å²) in [4.78, 5) is 5.48. The minimum Gasteiger partial charge on any atom is -0.494 e. The molecule has 0 saturated carbocycles. The molecule has 0 radical (unpaired) electrons. The standard InChI is InChI=1S/C17H18N2O4S2/c1-3-22-13-6-8-14(9-7-13)25(20,21)18-11-16-12(2)19-17(24-16)15-5-4-10-23-15/h4-10,18H,3,11H2,1-2H3. The summed E-state index contributed by atoms with van der Waals surface area (Å²) in [5.41, 5.74) is 0.783. The smallest absolute Gasteiger partial charge is 0.240 e. The van der Waals surface area contributed by atoms with E-state index in [1.54, 1.807) is 24.5 Å². The molecule has 1 N–H and O–H groups in total. The molecule has 6 nitrogen and oxygen atoms in total. The minimum absolute atomic E-state index is 0.180. The van der Waals surface area contributed by atoms with Gasteiger partial charge in [0.2, 0.25) is 10.0 Å². The molecule has 0 atom stereocenters. The quantitative estimate of drug-likeness (QED) is 0.679. The maximum Gasteiger partial charge on any atom is 0.240 e. The highest BCUT2D eigenvalue weighted by Crippen LogP contribution is 2.28. The highest BCUT2D eigenvalue weighted by molar-refractivity contribution is 7.89. The topological polar surface area (TPSA) is 81.4 Å². The number of furan rings is 1. The second kappa shape index (κ2) is 7.38. The van der Waals surface area contributed by atoms with Crippen LogP contribution in [0.3, 0.4) is 0 Å². The van der Waals surface area contributed by atoms with Gasteiger partial charge in [-0.3, -0.25) is 0 Å². The molecule has 3 aromatic rings. The number of benzene rings is 1. The van der Waals surface area contributed by atoms with Crippen LogP contribution in [0, 0.1) is 6.92 Å². The Morgan fingerprint density at radius 1 is 1.24 bits per heavy atom. The summed E-state index contributed by atoms with van der Waals surface area (Å²) in [5, 5.41) is 0.734. The Morgan fingerprint density at radius 2 is 2.00 bits per heavy atom. The molecule has 0 fully saturated rings. The summed E-state index contributed by atoms with van der Waals surface area (Å²) in [5.74, 6) is 1.32. The van der Waals surface area contributed by atoms with Crippen LogP contribution in [0.15, 0.2) is 52.0 Å². The van der Waals surface area contributed by atoms with Gasteiger partial charge in [-0.2, -0.15) is 0 Å². The Hall–Kier alpha value is -2.16. The van der Waals surface area contributed by atoms with Crippen LogP contribution in [0.4, 0.5) is 0 Å². The third-order valence-electron chi connectivity index (χ3n) is 3.49. The van der Waals surface area contributed by atoms with Gasteiger partial charge in [0.25, 0.3) is 0 Å². The molecule has 0 aliphatic rings. The van der Waals surface area contributed by atoms with Gasteiger partial charge in [0.05, 0.1) is 23.5 Å². The predicted molar refractivity (Wildman–Crippen MR) is 96.2 cm³/mol. The highest BCUT2D eigenvalue weighted by Gasteiger charge is 2.17. The van der Waals surface area contributed by atoms with E-state index < -0.39 is 10.0 Å². The van der Waals surface area contributed by atoms with Crippen molar-refractivity contribution in [2.45, 2.75) is 25.3 Å². The second-order valence-corrected chi connectivity index (χ2v) is 8.08. The largest absolute Gasteiger partial charge is 0.494 e. The van der Waals surface area contributed by atoms with E-state index >= 15 is 0 Å². The average Bonchev–Trinajstić information content (AvgIpc) is 3.23. The molecular formula is C17H18N2O4S2. The number of hydrogen-bond donors (Lipinski definition) is 1. The average molecular weight is 378 g/mol. The number of thiazole rings is 1. The molecule has 132 valence electrons. The molecule has 0 amide bonds. The van der Waals surface area contributed by atoms with Gasteiger partial charge in [-0.25, -0.2) is 18.1 Å². The van der Waals surface area contributed by atoms with E-state index in [9.17, 15) is 8.42 Å². The third-order valence-corrected chi connectivity index (χ3v) is 6.08. The second-order valence-electron chi connectivity index (χ2n) is 5.23. The summed E-state index contributed by atoms with van der Waals surface area (Å²) in [6.45, 7) is 4.44. The van der Waals surface area contributed by atoms with Crippen molar-refractivity contribution in [2.24, 2.45) is 0 Å². The fourth-order valence-electron chi connectivity index (χ4n) is 2.22. The van der Waals surface area contributed by atoms with E-state index in [2.05, 4.69) is 9.71 Å². The van der Waals surface area contributed by atoms with Crippen molar-refractivity contribution in [3.63, 3.8) is 0 Å². The lowest BCUT2D eigenvalue weighted by atomic mass is 10.3. The first-order valence-electron chi connectivity index (χ1n) is 7.72. The number of nitrogens with zero attached hydrogens (tertiary/aromatic N) is 1. The Balaban J connectivity index is 1.72. The van der Waals surface area contributed by atoms with E-state index in [4.69, 9.17) is 9.15 Å². The molecule has 2 aromatic heterocycles. The molecule has 0 bridgehead atoms. The minimum atomic E-state index is -3.60. The predicted octanol–water partition coefficient (Wildman–Crippen LogP) is 3.59. The molecule has 0 spiro atoms. The lowest BCUT2D eigenvalue weighted by molar-refractivity contribution is 0.340. The first-order chi connectivity index (χ1) is 12.0. The summed E-state index contributed by atoms with van der Waals surface area (Å²) in [7, 11) is -3.60. The van der Waals surface area contributed by atoms with Gasteiger partial charge < -0.3 is 9.15 Å². The van der Waals surface area contributed by atoms with Crippen LogP contribution >= 0.6 is 11.3 Å². The Bertz CT molecular complexity index is 930. The highest BCUT2D eigenvalue weighted by atomic mass is 32.2. The maximum atomic E-state index is 12.4. The van der Waals surface area contributed by atoms with Crippen molar-refractivity contribution in [3.05, 3.63) is 53.2 Å². The first kappa shape index (κ1) is 17.7. The summed E-state index contributed by atoms with van der Waals surface area (Å²) in [6, 6.07) is 9.96. The lowest BCUT2D eigenvalue weighted by Gasteiger charge is -2.07. The number of nitrogens with one attached hydrogen (secondary N) is 1. The van der Waals surface area contributed by atoms with Crippen molar-refractivity contribution < 1.29 is 17.6 Å². The molecule has 3 rings (SSSR count). The number of ether oxygens (including phenoxy) is 1. The van der Waals surface area contributed by atoms with E-state index in [1.807, 2.05) is 19.9 Å². The molecule has 0 aliphatic carbocycles. The van der Waals surface area contributed by atoms with E-state index in [0.717, 1.165) is 15.6 Å². The Kier molecular flexibility index (Phi) is 5.22. The van der Waals surface area contributed by atoms with Crippen LogP contribution in [0.2, 0.25) is 0 Å². The van der Waals surface area contributed by atoms with Crippen molar-refractivity contribution in [1.29, 1.82) is 0 Å². The Labute approximate surface area is 150 Å². The van der Waals surface area contributed by atoms with Crippen LogP contribution < -0.4 is 9.46 Å². The fraction of sp³-hybridized carbons (Fsp3) is 0.235. The molecule has 1 aromatic carbocycles. The molecule has 0 saturated heterocycles. The van der Waals surface area contributed by atoms with Gasteiger partial charge in [0.15, 0.2) is 10.8 Å². The van der Waals surface area contributed by atoms with Crippen molar-refractivity contribution in [1.82, 2.24) is 9.71 Å². The van der Waals surface area contributed by atoms with Crippen LogP contribution in [0.5, 0.6) is 5.75 Å². The normalized spacial score (nSPS) is 11.6. The lowest BCUT2D eigenvalue weighted by Crippen LogP contribution is -2.23. The molecule has 0 aliphatic heterocycles. The maximum absolute atomic E-state index is 12.4. The number of sulfonamides is 1. The number of aromatic nitrogens is 1. The summed E-state index contributed by atoms with van der Waals surface area (Å²) >= 11 is 1.41. The number of aryl methyl sites for hydroxylation is 1. The zero-order valence-electron chi connectivity index (χ0n) is 13.9. The number of rotatable bonds is 7. The van der Waals surface area contributed by atoms with Gasteiger partial charge in [0, 0.05) is 11.4 Å². The van der Waals surface area contributed by atoms with Gasteiger partial charge in [-0.1, -0.05) is 0 Å². The van der Waals surface area contributed by atoms with Gasteiger partial charge in [-0.05, 0) is 50.2 Å². The third kappa shape index (κ3) is 4.09. The Morgan fingerprint density at radius 3 is 2.64 bits per heavy atom. The van der Waals surface area contributed by atoms with E-state index in [0.29, 0.717) is 18.1 Å². The van der Waals surface area contributed by atoms with Crippen LogP contribution in [0.25, 0.3) is 10.8 Å². The van der Waals surface area contributed by atoms with Crippen LogP contribution in [0.1, 0.15) is 17.5 Å². The van der Waals surface area contributed by atoms with E-state index in [-0.39, 0.29) is 11.4 Å². The van der Waals surface area contributed by atoms with Gasteiger partial charge in [0.1, 0.15) is 5.75 Å². The molecule has 25 heavy (non-hydrogen) atoms.